The monoisotopic (exact) mass is 401 g/mol. The van der Waals surface area contributed by atoms with E-state index in [1.807, 2.05) is 80.6 Å². The number of carbonyl (C=O) groups excluding carboxylic acids is 1. The van der Waals surface area contributed by atoms with Gasteiger partial charge in [-0.25, -0.2) is 0 Å². The summed E-state index contributed by atoms with van der Waals surface area (Å²) in [6, 6.07) is 20.5. The second-order valence-electron chi connectivity index (χ2n) is 7.41. The summed E-state index contributed by atoms with van der Waals surface area (Å²) in [5, 5.41) is 9.09. The van der Waals surface area contributed by atoms with E-state index in [4.69, 9.17) is 9.26 Å². The van der Waals surface area contributed by atoms with Gasteiger partial charge in [-0.2, -0.15) is 4.98 Å². The zero-order valence-electron chi connectivity index (χ0n) is 17.1. The van der Waals surface area contributed by atoms with E-state index in [2.05, 4.69) is 15.5 Å². The third-order valence-electron chi connectivity index (χ3n) is 5.04. The molecule has 0 radical (unpaired) electrons. The van der Waals surface area contributed by atoms with Gasteiger partial charge in [0.25, 0.3) is 5.91 Å². The topological polar surface area (TPSA) is 77.3 Å². The van der Waals surface area contributed by atoms with Crippen molar-refractivity contribution in [3.05, 3.63) is 78.2 Å². The Morgan fingerprint density at radius 3 is 2.47 bits per heavy atom. The maximum Gasteiger partial charge on any atom is 0.252 e. The highest BCUT2D eigenvalue weighted by Gasteiger charge is 2.26. The lowest BCUT2D eigenvalue weighted by Crippen LogP contribution is -2.32. The normalized spacial score (nSPS) is 12.1. The van der Waals surface area contributed by atoms with E-state index in [1.165, 1.54) is 0 Å². The Kier molecular flexibility index (Phi) is 5.48. The Balaban J connectivity index is 1.60. The van der Waals surface area contributed by atoms with Gasteiger partial charge in [-0.1, -0.05) is 55.4 Å². The summed E-state index contributed by atoms with van der Waals surface area (Å²) >= 11 is 0. The summed E-state index contributed by atoms with van der Waals surface area (Å²) in [6.45, 7) is 4.01. The van der Waals surface area contributed by atoms with Crippen molar-refractivity contribution in [3.63, 3.8) is 0 Å². The van der Waals surface area contributed by atoms with E-state index in [1.54, 1.807) is 7.11 Å². The zero-order valence-corrected chi connectivity index (χ0v) is 17.1. The molecular weight excluding hydrogens is 378 g/mol. The average Bonchev–Trinajstić information content (AvgIpc) is 3.26. The lowest BCUT2D eigenvalue weighted by Gasteiger charge is -2.19. The van der Waals surface area contributed by atoms with Gasteiger partial charge >= 0.3 is 0 Å². The van der Waals surface area contributed by atoms with Gasteiger partial charge in [0.1, 0.15) is 11.8 Å². The number of amides is 1. The molecule has 0 aliphatic rings. The Morgan fingerprint density at radius 1 is 1.00 bits per heavy atom. The first kappa shape index (κ1) is 19.6. The van der Waals surface area contributed by atoms with Crippen LogP contribution in [0.25, 0.3) is 22.2 Å². The molecule has 0 bridgehead atoms. The molecule has 0 fully saturated rings. The number of rotatable bonds is 6. The molecule has 0 saturated heterocycles. The predicted octanol–water partition coefficient (Wildman–Crippen LogP) is 5.03. The quantitative estimate of drug-likeness (QED) is 0.491. The molecule has 6 heteroatoms. The average molecular weight is 401 g/mol. The van der Waals surface area contributed by atoms with Gasteiger partial charge in [0.2, 0.25) is 11.7 Å². The SMILES string of the molecule is COc1ccc(-c2noc(C(NC(=O)c3cccc4ccccc34)C(C)C)n2)cc1. The highest BCUT2D eigenvalue weighted by atomic mass is 16.5. The van der Waals surface area contributed by atoms with Gasteiger partial charge < -0.3 is 14.6 Å². The van der Waals surface area contributed by atoms with Gasteiger partial charge in [-0.05, 0) is 47.0 Å². The fourth-order valence-electron chi connectivity index (χ4n) is 3.37. The molecule has 0 spiro atoms. The number of hydrogen-bond donors (Lipinski definition) is 1. The maximum absolute atomic E-state index is 13.1. The van der Waals surface area contributed by atoms with Crippen LogP contribution in [0.15, 0.2) is 71.3 Å². The van der Waals surface area contributed by atoms with Crippen molar-refractivity contribution in [1.29, 1.82) is 0 Å². The van der Waals surface area contributed by atoms with Gasteiger partial charge in [0.15, 0.2) is 0 Å². The first-order chi connectivity index (χ1) is 14.6. The number of carbonyl (C=O) groups is 1. The smallest absolute Gasteiger partial charge is 0.252 e. The van der Waals surface area contributed by atoms with E-state index in [0.29, 0.717) is 17.3 Å². The molecule has 30 heavy (non-hydrogen) atoms. The lowest BCUT2D eigenvalue weighted by molar-refractivity contribution is 0.0915. The summed E-state index contributed by atoms with van der Waals surface area (Å²) in [4.78, 5) is 17.6. The van der Waals surface area contributed by atoms with E-state index in [0.717, 1.165) is 22.1 Å². The van der Waals surface area contributed by atoms with Crippen LogP contribution in [0, 0.1) is 5.92 Å². The van der Waals surface area contributed by atoms with Gasteiger partial charge in [-0.15, -0.1) is 0 Å². The van der Waals surface area contributed by atoms with Crippen molar-refractivity contribution in [2.45, 2.75) is 19.9 Å². The van der Waals surface area contributed by atoms with Crippen molar-refractivity contribution < 1.29 is 14.1 Å². The lowest BCUT2D eigenvalue weighted by atomic mass is 10.0. The van der Waals surface area contributed by atoms with E-state index >= 15 is 0 Å². The highest BCUT2D eigenvalue weighted by Crippen LogP contribution is 2.26. The van der Waals surface area contributed by atoms with Crippen molar-refractivity contribution in [1.82, 2.24) is 15.5 Å². The standard InChI is InChI=1S/C24H23N3O3/c1-15(2)21(24-26-22(27-30-24)17-11-13-18(29-3)14-12-17)25-23(28)20-10-6-8-16-7-4-5-9-19(16)20/h4-15,21H,1-3H3,(H,25,28). The van der Waals surface area contributed by atoms with E-state index in [-0.39, 0.29) is 11.8 Å². The predicted molar refractivity (Wildman–Crippen MR) is 115 cm³/mol. The summed E-state index contributed by atoms with van der Waals surface area (Å²) in [5.41, 5.74) is 1.43. The summed E-state index contributed by atoms with van der Waals surface area (Å²) in [5.74, 6) is 1.50. The molecule has 4 aromatic rings. The molecule has 4 rings (SSSR count). The zero-order chi connectivity index (χ0) is 21.1. The number of ether oxygens (including phenoxy) is 1. The van der Waals surface area contributed by atoms with Crippen LogP contribution >= 0.6 is 0 Å². The molecule has 0 aliphatic heterocycles. The molecular formula is C24H23N3O3. The van der Waals surface area contributed by atoms with Crippen LogP contribution in [0.4, 0.5) is 0 Å². The Labute approximate surface area is 174 Å². The molecule has 1 N–H and O–H groups in total. The number of aromatic nitrogens is 2. The molecule has 1 amide bonds. The molecule has 6 nitrogen and oxygen atoms in total. The fraction of sp³-hybridized carbons (Fsp3) is 0.208. The van der Waals surface area contributed by atoms with Crippen LogP contribution in [0.2, 0.25) is 0 Å². The number of nitrogens with zero attached hydrogens (tertiary/aromatic N) is 2. The molecule has 1 atom stereocenters. The minimum Gasteiger partial charge on any atom is -0.497 e. The van der Waals surface area contributed by atoms with Crippen LogP contribution in [-0.2, 0) is 0 Å². The fourth-order valence-corrected chi connectivity index (χ4v) is 3.37. The van der Waals surface area contributed by atoms with E-state index in [9.17, 15) is 4.79 Å². The van der Waals surface area contributed by atoms with Crippen LogP contribution in [0.5, 0.6) is 5.75 Å². The Morgan fingerprint density at radius 2 is 1.73 bits per heavy atom. The third kappa shape index (κ3) is 3.89. The van der Waals surface area contributed by atoms with Gasteiger partial charge in [-0.3, -0.25) is 4.79 Å². The van der Waals surface area contributed by atoms with Crippen LogP contribution in [0.1, 0.15) is 36.1 Å². The summed E-state index contributed by atoms with van der Waals surface area (Å²) in [7, 11) is 1.62. The van der Waals surface area contributed by atoms with Crippen LogP contribution in [0.3, 0.4) is 0 Å². The van der Waals surface area contributed by atoms with E-state index < -0.39 is 6.04 Å². The minimum atomic E-state index is -0.407. The third-order valence-corrected chi connectivity index (χ3v) is 5.04. The summed E-state index contributed by atoms with van der Waals surface area (Å²) < 4.78 is 10.7. The maximum atomic E-state index is 13.1. The molecule has 3 aromatic carbocycles. The highest BCUT2D eigenvalue weighted by molar-refractivity contribution is 6.07. The van der Waals surface area contributed by atoms with Gasteiger partial charge in [0.05, 0.1) is 7.11 Å². The Bertz CT molecular complexity index is 1160. The van der Waals surface area contributed by atoms with Gasteiger partial charge in [0, 0.05) is 11.1 Å². The molecule has 1 heterocycles. The first-order valence-electron chi connectivity index (χ1n) is 9.83. The first-order valence-corrected chi connectivity index (χ1v) is 9.83. The Hall–Kier alpha value is -3.67. The molecule has 1 aromatic heterocycles. The van der Waals surface area contributed by atoms with Crippen LogP contribution in [-0.4, -0.2) is 23.2 Å². The molecule has 0 aliphatic carbocycles. The molecule has 0 saturated carbocycles. The minimum absolute atomic E-state index is 0.0630. The summed E-state index contributed by atoms with van der Waals surface area (Å²) in [6.07, 6.45) is 0. The number of benzene rings is 3. The molecule has 1 unspecified atom stereocenters. The van der Waals surface area contributed by atoms with Crippen LogP contribution < -0.4 is 10.1 Å². The largest absolute Gasteiger partial charge is 0.497 e. The molecule has 152 valence electrons. The second kappa shape index (κ2) is 8.37. The number of nitrogens with one attached hydrogen (secondary N) is 1. The van der Waals surface area contributed by atoms with Crippen molar-refractivity contribution in [2.75, 3.05) is 7.11 Å². The van der Waals surface area contributed by atoms with Crippen molar-refractivity contribution >= 4 is 16.7 Å². The second-order valence-corrected chi connectivity index (χ2v) is 7.41. The number of fused-ring (bicyclic) bond motifs is 1. The number of methoxy groups -OCH3 is 1. The number of hydrogen-bond acceptors (Lipinski definition) is 5. The van der Waals surface area contributed by atoms with Crippen molar-refractivity contribution in [2.24, 2.45) is 5.92 Å². The van der Waals surface area contributed by atoms with Crippen molar-refractivity contribution in [3.8, 4) is 17.1 Å².